The molecule has 1 atom stereocenters. The minimum Gasteiger partial charge on any atom is -0.324 e. The molecule has 0 aliphatic carbocycles. The molecule has 7 nitrogen and oxygen atoms in total. The lowest BCUT2D eigenvalue weighted by Gasteiger charge is -2.07. The normalized spacial score (nSPS) is 11.5. The Morgan fingerprint density at radius 1 is 1.30 bits per heavy atom. The van der Waals surface area contributed by atoms with Crippen molar-refractivity contribution in [3.05, 3.63) is 60.3 Å². The van der Waals surface area contributed by atoms with E-state index >= 15 is 0 Å². The van der Waals surface area contributed by atoms with E-state index in [0.29, 0.717) is 18.2 Å². The molecule has 0 saturated heterocycles. The maximum atomic E-state index is 8.77. The van der Waals surface area contributed by atoms with Crippen LogP contribution in [0.3, 0.4) is 0 Å². The summed E-state index contributed by atoms with van der Waals surface area (Å²) >= 11 is 0. The van der Waals surface area contributed by atoms with Crippen molar-refractivity contribution in [3.63, 3.8) is 0 Å². The van der Waals surface area contributed by atoms with Gasteiger partial charge in [-0.2, -0.15) is 14.9 Å². The SMILES string of the molecule is C/C=N\C(=N/c1cnnn1-c1cccc(P)c1)Nc1ccc(CC#N)cc1. The Morgan fingerprint density at radius 3 is 2.81 bits per heavy atom. The average molecular weight is 375 g/mol. The van der Waals surface area contributed by atoms with Gasteiger partial charge in [-0.1, -0.05) is 29.5 Å². The van der Waals surface area contributed by atoms with E-state index in [-0.39, 0.29) is 0 Å². The number of aliphatic imine (C=N–C) groups is 2. The second-order valence-corrected chi connectivity index (χ2v) is 6.25. The standard InChI is InChI=1S/C19H18N7P/c1-2-21-19(23-15-8-6-14(7-9-15)10-11-20)24-18-13-22-25-26(18)16-4-3-5-17(27)12-16/h2-9,12-13H,10,27H2,1H3,(H,23,24)/b21-2-. The fourth-order valence-electron chi connectivity index (χ4n) is 2.39. The van der Waals surface area contributed by atoms with Gasteiger partial charge in [0.1, 0.15) is 0 Å². The van der Waals surface area contributed by atoms with E-state index in [1.54, 1.807) is 17.1 Å². The largest absolute Gasteiger partial charge is 0.324 e. The number of hydrogen-bond acceptors (Lipinski definition) is 4. The van der Waals surface area contributed by atoms with Crippen molar-refractivity contribution >= 4 is 38.2 Å². The highest BCUT2D eigenvalue weighted by Crippen LogP contribution is 2.17. The van der Waals surface area contributed by atoms with Crippen LogP contribution in [0.2, 0.25) is 0 Å². The van der Waals surface area contributed by atoms with E-state index in [9.17, 15) is 0 Å². The van der Waals surface area contributed by atoms with Gasteiger partial charge < -0.3 is 5.32 Å². The average Bonchev–Trinajstić information content (AvgIpc) is 3.12. The molecule has 1 heterocycles. The number of benzene rings is 2. The monoisotopic (exact) mass is 375 g/mol. The fourth-order valence-corrected chi connectivity index (χ4v) is 2.67. The molecule has 2 aromatic carbocycles. The van der Waals surface area contributed by atoms with Crippen LogP contribution in [0.1, 0.15) is 12.5 Å². The van der Waals surface area contributed by atoms with Crippen LogP contribution in [0.15, 0.2) is 64.7 Å². The number of anilines is 1. The first-order chi connectivity index (χ1) is 13.2. The van der Waals surface area contributed by atoms with Crippen LogP contribution in [0, 0.1) is 11.3 Å². The lowest BCUT2D eigenvalue weighted by Crippen LogP contribution is -2.10. The Balaban J connectivity index is 1.89. The van der Waals surface area contributed by atoms with E-state index < -0.39 is 0 Å². The van der Waals surface area contributed by atoms with Crippen molar-refractivity contribution in [2.75, 3.05) is 5.32 Å². The van der Waals surface area contributed by atoms with Crippen LogP contribution in [0.4, 0.5) is 11.5 Å². The Morgan fingerprint density at radius 2 is 2.11 bits per heavy atom. The molecule has 0 aliphatic heterocycles. The predicted molar refractivity (Wildman–Crippen MR) is 111 cm³/mol. The second kappa shape index (κ2) is 8.84. The van der Waals surface area contributed by atoms with Crippen LogP contribution < -0.4 is 10.6 Å². The highest BCUT2D eigenvalue weighted by atomic mass is 31.0. The molecule has 0 aliphatic rings. The molecule has 0 radical (unpaired) electrons. The topological polar surface area (TPSA) is 91.2 Å². The van der Waals surface area contributed by atoms with Gasteiger partial charge in [0.15, 0.2) is 5.82 Å². The number of nitriles is 1. The molecule has 8 heteroatoms. The Hall–Kier alpha value is -3.36. The number of nitrogens with zero attached hydrogens (tertiary/aromatic N) is 6. The number of hydrogen-bond donors (Lipinski definition) is 1. The van der Waals surface area contributed by atoms with Gasteiger partial charge >= 0.3 is 0 Å². The van der Waals surface area contributed by atoms with Crippen molar-refractivity contribution in [2.45, 2.75) is 13.3 Å². The van der Waals surface area contributed by atoms with E-state index in [0.717, 1.165) is 22.2 Å². The minimum absolute atomic E-state index is 0.383. The van der Waals surface area contributed by atoms with Crippen LogP contribution in [0.5, 0.6) is 0 Å². The lowest BCUT2D eigenvalue weighted by molar-refractivity contribution is 0.805. The summed E-state index contributed by atoms with van der Waals surface area (Å²) in [4.78, 5) is 8.85. The van der Waals surface area contributed by atoms with Gasteiger partial charge in [-0.25, -0.2) is 4.99 Å². The summed E-state index contributed by atoms with van der Waals surface area (Å²) in [5.41, 5.74) is 2.64. The van der Waals surface area contributed by atoms with Crippen molar-refractivity contribution in [2.24, 2.45) is 9.98 Å². The smallest absolute Gasteiger partial charge is 0.228 e. The maximum Gasteiger partial charge on any atom is 0.228 e. The fraction of sp³-hybridized carbons (Fsp3) is 0.105. The van der Waals surface area contributed by atoms with Gasteiger partial charge in [-0.3, -0.25) is 0 Å². The molecule has 0 amide bonds. The number of aromatic nitrogens is 3. The molecule has 0 spiro atoms. The molecule has 1 N–H and O–H groups in total. The summed E-state index contributed by atoms with van der Waals surface area (Å²) in [5, 5.41) is 21.1. The molecule has 0 fully saturated rings. The van der Waals surface area contributed by atoms with Gasteiger partial charge in [-0.05, 0) is 42.1 Å². The van der Waals surface area contributed by atoms with Crippen LogP contribution in [0.25, 0.3) is 5.69 Å². The number of guanidine groups is 1. The minimum atomic E-state index is 0.383. The second-order valence-electron chi connectivity index (χ2n) is 5.58. The summed E-state index contributed by atoms with van der Waals surface area (Å²) in [6, 6.07) is 17.5. The summed E-state index contributed by atoms with van der Waals surface area (Å²) in [6.45, 7) is 1.82. The zero-order chi connectivity index (χ0) is 19.1. The zero-order valence-electron chi connectivity index (χ0n) is 14.7. The molecule has 3 rings (SSSR count). The Kier molecular flexibility index (Phi) is 6.03. The van der Waals surface area contributed by atoms with E-state index in [1.165, 1.54) is 0 Å². The van der Waals surface area contributed by atoms with Crippen molar-refractivity contribution < 1.29 is 0 Å². The molecule has 3 aromatic rings. The third-order valence-electron chi connectivity index (χ3n) is 3.61. The van der Waals surface area contributed by atoms with Crippen LogP contribution >= 0.6 is 9.24 Å². The first-order valence-corrected chi connectivity index (χ1v) is 8.84. The third-order valence-corrected chi connectivity index (χ3v) is 3.97. The van der Waals surface area contributed by atoms with Gasteiger partial charge in [0.25, 0.3) is 0 Å². The van der Waals surface area contributed by atoms with E-state index in [1.807, 2.05) is 55.5 Å². The molecule has 27 heavy (non-hydrogen) atoms. The highest BCUT2D eigenvalue weighted by molar-refractivity contribution is 7.27. The van der Waals surface area contributed by atoms with Crippen molar-refractivity contribution in [3.8, 4) is 11.8 Å². The van der Waals surface area contributed by atoms with Crippen molar-refractivity contribution in [1.29, 1.82) is 5.26 Å². The molecule has 1 unspecified atom stereocenters. The van der Waals surface area contributed by atoms with Crippen LogP contribution in [-0.4, -0.2) is 27.2 Å². The highest BCUT2D eigenvalue weighted by Gasteiger charge is 2.07. The quantitative estimate of drug-likeness (QED) is 0.431. The van der Waals surface area contributed by atoms with Gasteiger partial charge in [0, 0.05) is 11.9 Å². The predicted octanol–water partition coefficient (Wildman–Crippen LogP) is 3.02. The molecule has 0 bridgehead atoms. The Bertz CT molecular complexity index is 1010. The maximum absolute atomic E-state index is 8.77. The Labute approximate surface area is 159 Å². The zero-order valence-corrected chi connectivity index (χ0v) is 15.9. The van der Waals surface area contributed by atoms with E-state index in [4.69, 9.17) is 5.26 Å². The number of rotatable bonds is 4. The van der Waals surface area contributed by atoms with Gasteiger partial charge in [-0.15, -0.1) is 14.3 Å². The molecule has 0 saturated carbocycles. The van der Waals surface area contributed by atoms with Crippen molar-refractivity contribution in [1.82, 2.24) is 15.0 Å². The molecular weight excluding hydrogens is 357 g/mol. The molecule has 1 aromatic heterocycles. The third kappa shape index (κ3) is 4.84. The first-order valence-electron chi connectivity index (χ1n) is 8.26. The lowest BCUT2D eigenvalue weighted by atomic mass is 10.1. The number of nitrogens with one attached hydrogen (secondary N) is 1. The van der Waals surface area contributed by atoms with Gasteiger partial charge in [0.05, 0.1) is 24.4 Å². The summed E-state index contributed by atoms with van der Waals surface area (Å²) in [5.74, 6) is 0.968. The molecule has 134 valence electrons. The first kappa shape index (κ1) is 18.4. The summed E-state index contributed by atoms with van der Waals surface area (Å²) in [7, 11) is 2.66. The molecular formula is C19H18N7P. The summed E-state index contributed by atoms with van der Waals surface area (Å²) < 4.78 is 1.65. The van der Waals surface area contributed by atoms with Crippen LogP contribution in [-0.2, 0) is 6.42 Å². The van der Waals surface area contributed by atoms with E-state index in [2.05, 4.69) is 40.9 Å². The summed E-state index contributed by atoms with van der Waals surface area (Å²) in [6.07, 6.45) is 3.62. The van der Waals surface area contributed by atoms with Gasteiger partial charge in [0.2, 0.25) is 5.96 Å².